The Morgan fingerprint density at radius 1 is 1.37 bits per heavy atom. The first-order chi connectivity index (χ1) is 9.29. The number of carbonyl (C=O) groups excluding carboxylic acids is 1. The summed E-state index contributed by atoms with van der Waals surface area (Å²) in [6.45, 7) is 2.19. The summed E-state index contributed by atoms with van der Waals surface area (Å²) in [5.41, 5.74) is 0.417. The standard InChI is InChI=1S/C14H22N2O2S/c1-2-18-13(17)12-10-19-14(16-12)15-11-8-6-4-3-5-7-9-11/h10-11H,2-9H2,1H3,(H,15,16). The Morgan fingerprint density at radius 3 is 2.74 bits per heavy atom. The molecule has 0 aliphatic heterocycles. The van der Waals surface area contributed by atoms with E-state index in [9.17, 15) is 4.79 Å². The number of nitrogens with one attached hydrogen (secondary N) is 1. The van der Waals surface area contributed by atoms with Crippen molar-refractivity contribution in [1.82, 2.24) is 4.98 Å². The second-order valence-electron chi connectivity index (χ2n) is 4.94. The topological polar surface area (TPSA) is 51.2 Å². The maximum absolute atomic E-state index is 11.5. The molecule has 0 amide bonds. The molecular formula is C14H22N2O2S. The molecule has 0 atom stereocenters. The molecule has 1 aromatic rings. The van der Waals surface area contributed by atoms with E-state index in [0.717, 1.165) is 5.13 Å². The van der Waals surface area contributed by atoms with Gasteiger partial charge in [-0.3, -0.25) is 0 Å². The van der Waals surface area contributed by atoms with Crippen molar-refractivity contribution < 1.29 is 9.53 Å². The minimum Gasteiger partial charge on any atom is -0.461 e. The van der Waals surface area contributed by atoms with Crippen LogP contribution in [0.2, 0.25) is 0 Å². The Balaban J connectivity index is 1.89. The second-order valence-corrected chi connectivity index (χ2v) is 5.80. The number of hydrogen-bond donors (Lipinski definition) is 1. The number of carbonyl (C=O) groups is 1. The summed E-state index contributed by atoms with van der Waals surface area (Å²) in [6, 6.07) is 0.501. The Labute approximate surface area is 118 Å². The van der Waals surface area contributed by atoms with E-state index in [4.69, 9.17) is 4.74 Å². The minimum atomic E-state index is -0.329. The maximum atomic E-state index is 11.5. The van der Waals surface area contributed by atoms with Crippen molar-refractivity contribution in [2.75, 3.05) is 11.9 Å². The average molecular weight is 282 g/mol. The summed E-state index contributed by atoms with van der Waals surface area (Å²) in [4.78, 5) is 15.9. The van der Waals surface area contributed by atoms with Crippen LogP contribution in [0, 0.1) is 0 Å². The van der Waals surface area contributed by atoms with Gasteiger partial charge in [0.1, 0.15) is 0 Å². The first-order valence-electron chi connectivity index (χ1n) is 7.18. The normalized spacial score (nSPS) is 17.5. The van der Waals surface area contributed by atoms with Crippen molar-refractivity contribution in [3.63, 3.8) is 0 Å². The predicted octanol–water partition coefficient (Wildman–Crippen LogP) is 3.84. The van der Waals surface area contributed by atoms with Crippen LogP contribution in [0.15, 0.2) is 5.38 Å². The van der Waals surface area contributed by atoms with Crippen molar-refractivity contribution in [1.29, 1.82) is 0 Å². The first kappa shape index (κ1) is 14.3. The number of esters is 1. The Kier molecular flexibility index (Phi) is 5.63. The molecule has 4 nitrogen and oxygen atoms in total. The molecule has 106 valence electrons. The summed E-state index contributed by atoms with van der Waals surface area (Å²) in [6.07, 6.45) is 9.02. The molecular weight excluding hydrogens is 260 g/mol. The lowest BCUT2D eigenvalue weighted by atomic mass is 9.97. The lowest BCUT2D eigenvalue weighted by molar-refractivity contribution is 0.0520. The molecule has 1 aliphatic rings. The van der Waals surface area contributed by atoms with E-state index in [1.54, 1.807) is 12.3 Å². The van der Waals surface area contributed by atoms with Crippen LogP contribution in [0.25, 0.3) is 0 Å². The zero-order valence-corrected chi connectivity index (χ0v) is 12.3. The molecule has 5 heteroatoms. The number of anilines is 1. The molecule has 1 heterocycles. The van der Waals surface area contributed by atoms with Crippen LogP contribution in [-0.2, 0) is 4.74 Å². The number of rotatable bonds is 4. The molecule has 0 spiro atoms. The number of thiazole rings is 1. The van der Waals surface area contributed by atoms with E-state index >= 15 is 0 Å². The van der Waals surface area contributed by atoms with E-state index < -0.39 is 0 Å². The van der Waals surface area contributed by atoms with Crippen molar-refractivity contribution in [3.05, 3.63) is 11.1 Å². The molecule has 1 fully saturated rings. The minimum absolute atomic E-state index is 0.329. The van der Waals surface area contributed by atoms with Crippen LogP contribution in [0.1, 0.15) is 62.4 Å². The average Bonchev–Trinajstić information content (AvgIpc) is 2.81. The van der Waals surface area contributed by atoms with E-state index in [-0.39, 0.29) is 5.97 Å². The highest BCUT2D eigenvalue weighted by Crippen LogP contribution is 2.23. The SMILES string of the molecule is CCOC(=O)c1csc(NC2CCCCCCC2)n1. The molecule has 19 heavy (non-hydrogen) atoms. The summed E-state index contributed by atoms with van der Waals surface area (Å²) in [5, 5.41) is 6.07. The van der Waals surface area contributed by atoms with Crippen molar-refractivity contribution in [3.8, 4) is 0 Å². The Hall–Kier alpha value is -1.10. The molecule has 0 unspecified atom stereocenters. The summed E-state index contributed by atoms with van der Waals surface area (Å²) in [5.74, 6) is -0.329. The van der Waals surface area contributed by atoms with Gasteiger partial charge in [-0.25, -0.2) is 9.78 Å². The molecule has 2 rings (SSSR count). The highest BCUT2D eigenvalue weighted by atomic mass is 32.1. The zero-order valence-electron chi connectivity index (χ0n) is 11.5. The lowest BCUT2D eigenvalue weighted by Crippen LogP contribution is -2.20. The fourth-order valence-corrected chi connectivity index (χ4v) is 3.17. The number of ether oxygens (including phenoxy) is 1. The molecule has 0 aromatic carbocycles. The van der Waals surface area contributed by atoms with Crippen LogP contribution in [0.5, 0.6) is 0 Å². The van der Waals surface area contributed by atoms with Crippen molar-refractivity contribution in [2.24, 2.45) is 0 Å². The van der Waals surface area contributed by atoms with Gasteiger partial charge in [0.25, 0.3) is 0 Å². The van der Waals surface area contributed by atoms with Crippen LogP contribution in [-0.4, -0.2) is 23.6 Å². The highest BCUT2D eigenvalue weighted by Gasteiger charge is 2.15. The smallest absolute Gasteiger partial charge is 0.357 e. The maximum Gasteiger partial charge on any atom is 0.357 e. The van der Waals surface area contributed by atoms with Crippen LogP contribution < -0.4 is 5.32 Å². The number of aromatic nitrogens is 1. The highest BCUT2D eigenvalue weighted by molar-refractivity contribution is 7.13. The largest absolute Gasteiger partial charge is 0.461 e. The van der Waals surface area contributed by atoms with Crippen molar-refractivity contribution >= 4 is 22.4 Å². The van der Waals surface area contributed by atoms with Crippen LogP contribution in [0.4, 0.5) is 5.13 Å². The van der Waals surface area contributed by atoms with Gasteiger partial charge < -0.3 is 10.1 Å². The number of nitrogens with zero attached hydrogens (tertiary/aromatic N) is 1. The van der Waals surface area contributed by atoms with Gasteiger partial charge in [-0.15, -0.1) is 11.3 Å². The molecule has 1 aliphatic carbocycles. The van der Waals surface area contributed by atoms with E-state index in [2.05, 4.69) is 10.3 Å². The monoisotopic (exact) mass is 282 g/mol. The van der Waals surface area contributed by atoms with E-state index in [0.29, 0.717) is 18.3 Å². The quantitative estimate of drug-likeness (QED) is 0.852. The summed E-state index contributed by atoms with van der Waals surface area (Å²) < 4.78 is 4.95. The van der Waals surface area contributed by atoms with Gasteiger partial charge in [0.2, 0.25) is 0 Å². The van der Waals surface area contributed by atoms with Gasteiger partial charge in [-0.05, 0) is 19.8 Å². The third-order valence-electron chi connectivity index (χ3n) is 3.42. The van der Waals surface area contributed by atoms with Gasteiger partial charge in [0, 0.05) is 11.4 Å². The Bertz CT molecular complexity index is 398. The van der Waals surface area contributed by atoms with Gasteiger partial charge >= 0.3 is 5.97 Å². The van der Waals surface area contributed by atoms with Gasteiger partial charge in [0.05, 0.1) is 6.61 Å². The molecule has 1 saturated carbocycles. The van der Waals surface area contributed by atoms with E-state index in [1.807, 2.05) is 0 Å². The first-order valence-corrected chi connectivity index (χ1v) is 8.06. The summed E-state index contributed by atoms with van der Waals surface area (Å²) >= 11 is 1.49. The van der Waals surface area contributed by atoms with Gasteiger partial charge in [-0.1, -0.05) is 32.1 Å². The fourth-order valence-electron chi connectivity index (χ4n) is 2.41. The van der Waals surface area contributed by atoms with Crippen LogP contribution >= 0.6 is 11.3 Å². The molecule has 1 N–H and O–H groups in total. The van der Waals surface area contributed by atoms with Crippen LogP contribution in [0.3, 0.4) is 0 Å². The predicted molar refractivity (Wildman–Crippen MR) is 77.8 cm³/mol. The fraction of sp³-hybridized carbons (Fsp3) is 0.714. The number of hydrogen-bond acceptors (Lipinski definition) is 5. The third-order valence-corrected chi connectivity index (χ3v) is 4.20. The summed E-state index contributed by atoms with van der Waals surface area (Å²) in [7, 11) is 0. The van der Waals surface area contributed by atoms with Gasteiger partial charge in [-0.2, -0.15) is 0 Å². The third kappa shape index (κ3) is 4.49. The lowest BCUT2D eigenvalue weighted by Gasteiger charge is -2.20. The van der Waals surface area contributed by atoms with E-state index in [1.165, 1.54) is 56.3 Å². The molecule has 0 bridgehead atoms. The van der Waals surface area contributed by atoms with Gasteiger partial charge in [0.15, 0.2) is 10.8 Å². The molecule has 0 radical (unpaired) electrons. The zero-order chi connectivity index (χ0) is 13.5. The molecule has 1 aromatic heterocycles. The second kappa shape index (κ2) is 7.48. The van der Waals surface area contributed by atoms with Crippen molar-refractivity contribution in [2.45, 2.75) is 57.9 Å². The Morgan fingerprint density at radius 2 is 2.05 bits per heavy atom. The molecule has 0 saturated heterocycles.